The molecule has 0 aromatic heterocycles. The molecule has 0 radical (unpaired) electrons. The van der Waals surface area contributed by atoms with Crippen LogP contribution in [0.15, 0.2) is 36.4 Å². The van der Waals surface area contributed by atoms with Crippen molar-refractivity contribution in [1.82, 2.24) is 0 Å². The Labute approximate surface area is 123 Å². The molecule has 1 unspecified atom stereocenters. The summed E-state index contributed by atoms with van der Waals surface area (Å²) in [4.78, 5) is 0. The van der Waals surface area contributed by atoms with E-state index in [0.717, 1.165) is 12.1 Å². The van der Waals surface area contributed by atoms with Crippen LogP contribution in [0.3, 0.4) is 0 Å². The van der Waals surface area contributed by atoms with Gasteiger partial charge in [-0.3, -0.25) is 0 Å². The van der Waals surface area contributed by atoms with Gasteiger partial charge in [-0.25, -0.2) is 8.78 Å². The second-order valence-corrected chi connectivity index (χ2v) is 4.59. The SMILES string of the molecule is NC(c1cc(F)c(F)cc1Cl)c1ccccc1OC(F)F. The number of nitrogens with two attached hydrogens (primary N) is 1. The van der Waals surface area contributed by atoms with E-state index in [-0.39, 0.29) is 21.9 Å². The Morgan fingerprint density at radius 2 is 1.62 bits per heavy atom. The zero-order chi connectivity index (χ0) is 15.6. The first-order chi connectivity index (χ1) is 9.90. The molecule has 2 nitrogen and oxygen atoms in total. The van der Waals surface area contributed by atoms with Crippen molar-refractivity contribution in [3.63, 3.8) is 0 Å². The van der Waals surface area contributed by atoms with Gasteiger partial charge in [-0.05, 0) is 23.8 Å². The highest BCUT2D eigenvalue weighted by Crippen LogP contribution is 2.33. The fraction of sp³-hybridized carbons (Fsp3) is 0.143. The third-order valence-corrected chi connectivity index (χ3v) is 3.17. The molecular weight excluding hydrogens is 310 g/mol. The van der Waals surface area contributed by atoms with E-state index in [1.54, 1.807) is 6.07 Å². The van der Waals surface area contributed by atoms with Crippen LogP contribution in [0.4, 0.5) is 17.6 Å². The van der Waals surface area contributed by atoms with Gasteiger partial charge in [0.05, 0.1) is 6.04 Å². The minimum Gasteiger partial charge on any atom is -0.434 e. The molecule has 21 heavy (non-hydrogen) atoms. The third kappa shape index (κ3) is 3.46. The Morgan fingerprint density at radius 1 is 1.00 bits per heavy atom. The summed E-state index contributed by atoms with van der Waals surface area (Å²) in [6, 6.07) is 6.36. The van der Waals surface area contributed by atoms with Crippen LogP contribution < -0.4 is 10.5 Å². The predicted molar refractivity (Wildman–Crippen MR) is 70.5 cm³/mol. The molecule has 1 atom stereocenters. The Bertz CT molecular complexity index is 651. The Hall–Kier alpha value is -1.79. The molecular formula is C14H10ClF4NO. The largest absolute Gasteiger partial charge is 0.434 e. The minimum absolute atomic E-state index is 0.0703. The lowest BCUT2D eigenvalue weighted by Crippen LogP contribution is -2.15. The smallest absolute Gasteiger partial charge is 0.387 e. The molecule has 0 amide bonds. The molecule has 112 valence electrons. The minimum atomic E-state index is -3.03. The van der Waals surface area contributed by atoms with E-state index < -0.39 is 24.3 Å². The number of rotatable bonds is 4. The van der Waals surface area contributed by atoms with Gasteiger partial charge in [0.25, 0.3) is 0 Å². The second-order valence-electron chi connectivity index (χ2n) is 4.18. The monoisotopic (exact) mass is 319 g/mol. The van der Waals surface area contributed by atoms with Crippen molar-refractivity contribution in [2.75, 3.05) is 0 Å². The number of para-hydroxylation sites is 1. The van der Waals surface area contributed by atoms with Crippen LogP contribution in [-0.2, 0) is 0 Å². The van der Waals surface area contributed by atoms with Crippen molar-refractivity contribution in [2.45, 2.75) is 12.7 Å². The first-order valence-electron chi connectivity index (χ1n) is 5.84. The topological polar surface area (TPSA) is 35.2 Å². The van der Waals surface area contributed by atoms with Crippen molar-refractivity contribution >= 4 is 11.6 Å². The maximum atomic E-state index is 13.3. The van der Waals surface area contributed by atoms with Gasteiger partial charge in [-0.15, -0.1) is 0 Å². The quantitative estimate of drug-likeness (QED) is 0.675. The number of benzene rings is 2. The van der Waals surface area contributed by atoms with E-state index in [9.17, 15) is 17.6 Å². The fourth-order valence-corrected chi connectivity index (χ4v) is 2.15. The van der Waals surface area contributed by atoms with Crippen LogP contribution in [0.1, 0.15) is 17.2 Å². The van der Waals surface area contributed by atoms with Gasteiger partial charge in [-0.2, -0.15) is 8.78 Å². The van der Waals surface area contributed by atoms with Gasteiger partial charge in [0, 0.05) is 10.6 Å². The van der Waals surface area contributed by atoms with Crippen LogP contribution in [0.25, 0.3) is 0 Å². The lowest BCUT2D eigenvalue weighted by atomic mass is 9.98. The molecule has 7 heteroatoms. The van der Waals surface area contributed by atoms with E-state index in [1.165, 1.54) is 18.2 Å². The van der Waals surface area contributed by atoms with Gasteiger partial charge >= 0.3 is 6.61 Å². The van der Waals surface area contributed by atoms with Gasteiger partial charge in [0.15, 0.2) is 11.6 Å². The van der Waals surface area contributed by atoms with Crippen LogP contribution in [0.2, 0.25) is 5.02 Å². The molecule has 0 bridgehead atoms. The summed E-state index contributed by atoms with van der Waals surface area (Å²) in [5, 5.41) is -0.103. The summed E-state index contributed by atoms with van der Waals surface area (Å²) < 4.78 is 55.4. The summed E-state index contributed by atoms with van der Waals surface area (Å²) >= 11 is 5.83. The molecule has 2 N–H and O–H groups in total. The highest BCUT2D eigenvalue weighted by atomic mass is 35.5. The van der Waals surface area contributed by atoms with Crippen LogP contribution >= 0.6 is 11.6 Å². The molecule has 0 saturated carbocycles. The summed E-state index contributed by atoms with van der Waals surface area (Å²) in [5.74, 6) is -2.40. The third-order valence-electron chi connectivity index (χ3n) is 2.84. The lowest BCUT2D eigenvalue weighted by molar-refractivity contribution is -0.0505. The molecule has 0 spiro atoms. The molecule has 0 heterocycles. The Kier molecular flexibility index (Phi) is 4.69. The van der Waals surface area contributed by atoms with Crippen molar-refractivity contribution < 1.29 is 22.3 Å². The Morgan fingerprint density at radius 3 is 2.29 bits per heavy atom. The molecule has 0 aliphatic heterocycles. The average Bonchev–Trinajstić information content (AvgIpc) is 2.42. The summed E-state index contributed by atoms with van der Waals surface area (Å²) in [6.45, 7) is -3.03. The van der Waals surface area contributed by atoms with Crippen LogP contribution in [-0.4, -0.2) is 6.61 Å². The normalized spacial score (nSPS) is 12.5. The van der Waals surface area contributed by atoms with Crippen molar-refractivity contribution in [1.29, 1.82) is 0 Å². The van der Waals surface area contributed by atoms with Crippen molar-refractivity contribution in [3.05, 3.63) is 64.2 Å². The van der Waals surface area contributed by atoms with Crippen LogP contribution in [0.5, 0.6) is 5.75 Å². The number of alkyl halides is 2. The maximum Gasteiger partial charge on any atom is 0.387 e. The average molecular weight is 320 g/mol. The van der Waals surface area contributed by atoms with E-state index in [1.807, 2.05) is 0 Å². The zero-order valence-electron chi connectivity index (χ0n) is 10.5. The molecule has 0 aliphatic carbocycles. The highest BCUT2D eigenvalue weighted by molar-refractivity contribution is 6.31. The number of hydrogen-bond acceptors (Lipinski definition) is 2. The fourth-order valence-electron chi connectivity index (χ4n) is 1.88. The van der Waals surface area contributed by atoms with Crippen molar-refractivity contribution in [3.8, 4) is 5.75 Å². The molecule has 0 aliphatic rings. The van der Waals surface area contributed by atoms with Crippen LogP contribution in [0, 0.1) is 11.6 Å². The van der Waals surface area contributed by atoms with E-state index in [0.29, 0.717) is 0 Å². The summed E-state index contributed by atoms with van der Waals surface area (Å²) in [5.41, 5.74) is 6.17. The Balaban J connectivity index is 2.45. The molecule has 2 aromatic rings. The zero-order valence-corrected chi connectivity index (χ0v) is 11.3. The first-order valence-corrected chi connectivity index (χ1v) is 6.21. The number of hydrogen-bond donors (Lipinski definition) is 1. The number of halogens is 5. The standard InChI is InChI=1S/C14H10ClF4NO/c15-9-6-11(17)10(16)5-8(9)13(20)7-3-1-2-4-12(7)21-14(18)19/h1-6,13-14H,20H2. The number of ether oxygens (including phenoxy) is 1. The van der Waals surface area contributed by atoms with E-state index in [2.05, 4.69) is 4.74 Å². The van der Waals surface area contributed by atoms with E-state index in [4.69, 9.17) is 17.3 Å². The second kappa shape index (κ2) is 6.32. The molecule has 2 aromatic carbocycles. The van der Waals surface area contributed by atoms with Gasteiger partial charge < -0.3 is 10.5 Å². The van der Waals surface area contributed by atoms with Gasteiger partial charge in [-0.1, -0.05) is 29.8 Å². The summed E-state index contributed by atoms with van der Waals surface area (Å²) in [6.07, 6.45) is 0. The summed E-state index contributed by atoms with van der Waals surface area (Å²) in [7, 11) is 0. The lowest BCUT2D eigenvalue weighted by Gasteiger charge is -2.18. The van der Waals surface area contributed by atoms with Gasteiger partial charge in [0.1, 0.15) is 5.75 Å². The highest BCUT2D eigenvalue weighted by Gasteiger charge is 2.20. The van der Waals surface area contributed by atoms with Gasteiger partial charge in [0.2, 0.25) is 0 Å². The predicted octanol–water partition coefficient (Wildman–Crippen LogP) is 4.27. The maximum absolute atomic E-state index is 13.3. The van der Waals surface area contributed by atoms with E-state index >= 15 is 0 Å². The molecule has 0 fully saturated rings. The first kappa shape index (κ1) is 15.6. The van der Waals surface area contributed by atoms with Crippen molar-refractivity contribution in [2.24, 2.45) is 5.73 Å². The molecule has 0 saturated heterocycles. The molecule has 2 rings (SSSR count).